The Kier molecular flexibility index (Phi) is 3.70. The van der Waals surface area contributed by atoms with E-state index >= 15 is 0 Å². The number of nitrogens with one attached hydrogen (secondary N) is 1. The smallest absolute Gasteiger partial charge is 0.308 e. The summed E-state index contributed by atoms with van der Waals surface area (Å²) < 4.78 is 4.70. The lowest BCUT2D eigenvalue weighted by Gasteiger charge is -2.34. The lowest BCUT2D eigenvalue weighted by atomic mass is 9.80. The summed E-state index contributed by atoms with van der Waals surface area (Å²) in [5, 5.41) is 12.3. The number of anilines is 1. The molecule has 0 aromatic carbocycles. The molecule has 1 aliphatic carbocycles. The van der Waals surface area contributed by atoms with Crippen molar-refractivity contribution in [2.24, 2.45) is 5.92 Å². The minimum Gasteiger partial charge on any atom is -0.469 e. The Morgan fingerprint density at radius 2 is 2.21 bits per heavy atom. The third kappa shape index (κ3) is 2.68. The third-order valence-electron chi connectivity index (χ3n) is 3.53. The number of aromatic nitrogens is 1. The van der Waals surface area contributed by atoms with Gasteiger partial charge in [-0.25, -0.2) is 4.98 Å². The number of hydrogen-bond acceptors (Lipinski definition) is 5. The van der Waals surface area contributed by atoms with Gasteiger partial charge >= 0.3 is 5.97 Å². The second-order valence-corrected chi connectivity index (χ2v) is 4.93. The van der Waals surface area contributed by atoms with Crippen LogP contribution in [0.1, 0.15) is 29.7 Å². The summed E-state index contributed by atoms with van der Waals surface area (Å²) >= 11 is 0. The van der Waals surface area contributed by atoms with E-state index in [1.165, 1.54) is 7.11 Å². The maximum absolute atomic E-state index is 11.3. The Balaban J connectivity index is 1.99. The molecule has 1 aliphatic rings. The Morgan fingerprint density at radius 1 is 1.53 bits per heavy atom. The van der Waals surface area contributed by atoms with Gasteiger partial charge in [0.1, 0.15) is 11.9 Å². The van der Waals surface area contributed by atoms with Crippen molar-refractivity contribution in [2.45, 2.75) is 32.7 Å². The number of pyridine rings is 1. The zero-order chi connectivity index (χ0) is 14.0. The fraction of sp³-hybridized carbons (Fsp3) is 0.500. The Bertz CT molecular complexity index is 519. The zero-order valence-corrected chi connectivity index (χ0v) is 11.4. The minimum atomic E-state index is -0.141. The summed E-state index contributed by atoms with van der Waals surface area (Å²) in [6.45, 7) is 3.73. The van der Waals surface area contributed by atoms with E-state index in [0.29, 0.717) is 5.56 Å². The van der Waals surface area contributed by atoms with Crippen LogP contribution in [0.2, 0.25) is 0 Å². The highest BCUT2D eigenvalue weighted by molar-refractivity contribution is 5.73. The molecule has 0 spiro atoms. The van der Waals surface area contributed by atoms with Crippen molar-refractivity contribution in [2.75, 3.05) is 12.4 Å². The van der Waals surface area contributed by atoms with Crippen LogP contribution in [0.3, 0.4) is 0 Å². The molecule has 1 saturated carbocycles. The number of nitriles is 1. The molecule has 5 nitrogen and oxygen atoms in total. The minimum absolute atomic E-state index is 0.00285. The molecule has 1 aromatic heterocycles. The number of carbonyl (C=O) groups excluding carboxylic acids is 1. The highest BCUT2D eigenvalue weighted by atomic mass is 16.5. The van der Waals surface area contributed by atoms with Gasteiger partial charge in [0, 0.05) is 6.04 Å². The van der Waals surface area contributed by atoms with Gasteiger partial charge in [0.2, 0.25) is 0 Å². The van der Waals surface area contributed by atoms with Crippen LogP contribution >= 0.6 is 0 Å². The molecule has 1 heterocycles. The number of methoxy groups -OCH3 is 1. The summed E-state index contributed by atoms with van der Waals surface area (Å²) in [7, 11) is 1.41. The van der Waals surface area contributed by atoms with Crippen molar-refractivity contribution in [3.05, 3.63) is 22.9 Å². The van der Waals surface area contributed by atoms with Crippen molar-refractivity contribution in [1.82, 2.24) is 4.98 Å². The van der Waals surface area contributed by atoms with Gasteiger partial charge in [0.15, 0.2) is 0 Å². The summed E-state index contributed by atoms with van der Waals surface area (Å²) in [4.78, 5) is 15.6. The van der Waals surface area contributed by atoms with Crippen LogP contribution in [0.25, 0.3) is 0 Å². The van der Waals surface area contributed by atoms with Crippen molar-refractivity contribution in [3.8, 4) is 6.07 Å². The van der Waals surface area contributed by atoms with Gasteiger partial charge in [-0.2, -0.15) is 5.26 Å². The van der Waals surface area contributed by atoms with Gasteiger partial charge in [0.05, 0.1) is 24.3 Å². The van der Waals surface area contributed by atoms with E-state index in [4.69, 9.17) is 10.00 Å². The maximum atomic E-state index is 11.3. The first-order valence-electron chi connectivity index (χ1n) is 6.28. The van der Waals surface area contributed by atoms with Crippen molar-refractivity contribution >= 4 is 11.8 Å². The lowest BCUT2D eigenvalue weighted by Crippen LogP contribution is -2.40. The quantitative estimate of drug-likeness (QED) is 0.839. The number of aryl methyl sites for hydroxylation is 2. The van der Waals surface area contributed by atoms with Gasteiger partial charge in [-0.05, 0) is 38.3 Å². The van der Waals surface area contributed by atoms with E-state index in [-0.39, 0.29) is 17.9 Å². The van der Waals surface area contributed by atoms with E-state index < -0.39 is 0 Å². The molecule has 1 fully saturated rings. The van der Waals surface area contributed by atoms with E-state index in [1.807, 2.05) is 19.9 Å². The summed E-state index contributed by atoms with van der Waals surface area (Å²) in [5.74, 6) is 0.628. The number of carbonyl (C=O) groups is 1. The van der Waals surface area contributed by atoms with Crippen LogP contribution in [0.5, 0.6) is 0 Å². The van der Waals surface area contributed by atoms with Crippen LogP contribution in [-0.4, -0.2) is 24.1 Å². The van der Waals surface area contributed by atoms with Gasteiger partial charge in [-0.15, -0.1) is 0 Å². The first-order chi connectivity index (χ1) is 9.05. The second kappa shape index (κ2) is 5.27. The summed E-state index contributed by atoms with van der Waals surface area (Å²) in [6.07, 6.45) is 1.54. The predicted molar refractivity (Wildman–Crippen MR) is 70.6 cm³/mol. The second-order valence-electron chi connectivity index (χ2n) is 4.93. The monoisotopic (exact) mass is 259 g/mol. The van der Waals surface area contributed by atoms with Crippen molar-refractivity contribution < 1.29 is 9.53 Å². The largest absolute Gasteiger partial charge is 0.469 e. The van der Waals surface area contributed by atoms with Gasteiger partial charge in [-0.3, -0.25) is 4.79 Å². The predicted octanol–water partition coefficient (Wildman–Crippen LogP) is 1.93. The molecule has 5 heteroatoms. The molecular formula is C14H17N3O2. The third-order valence-corrected chi connectivity index (χ3v) is 3.53. The summed E-state index contributed by atoms with van der Waals surface area (Å²) in [5.41, 5.74) is 2.28. The molecule has 1 aromatic rings. The Labute approximate surface area is 112 Å². The van der Waals surface area contributed by atoms with Crippen LogP contribution in [0.4, 0.5) is 5.82 Å². The van der Waals surface area contributed by atoms with E-state index in [9.17, 15) is 4.79 Å². The Hall–Kier alpha value is -2.09. The highest BCUT2D eigenvalue weighted by Gasteiger charge is 2.35. The molecule has 100 valence electrons. The fourth-order valence-corrected chi connectivity index (χ4v) is 2.38. The molecule has 19 heavy (non-hydrogen) atoms. The Morgan fingerprint density at radius 3 is 2.74 bits per heavy atom. The van der Waals surface area contributed by atoms with Gasteiger partial charge in [0.25, 0.3) is 0 Å². The SMILES string of the molecule is COC(=O)C1CC(Nc2cc(C)c(C#N)c(C)n2)C1. The molecule has 0 atom stereocenters. The molecule has 0 saturated heterocycles. The van der Waals surface area contributed by atoms with E-state index in [1.54, 1.807) is 0 Å². The molecular weight excluding hydrogens is 242 g/mol. The fourth-order valence-electron chi connectivity index (χ4n) is 2.38. The van der Waals surface area contributed by atoms with Crippen LogP contribution in [-0.2, 0) is 9.53 Å². The first-order valence-corrected chi connectivity index (χ1v) is 6.28. The van der Waals surface area contributed by atoms with Crippen molar-refractivity contribution in [1.29, 1.82) is 5.26 Å². The average molecular weight is 259 g/mol. The summed E-state index contributed by atoms with van der Waals surface area (Å²) in [6, 6.07) is 4.28. The molecule has 2 rings (SSSR count). The van der Waals surface area contributed by atoms with Gasteiger partial charge < -0.3 is 10.1 Å². The normalized spacial score (nSPS) is 21.2. The van der Waals surface area contributed by atoms with Gasteiger partial charge in [-0.1, -0.05) is 0 Å². The van der Waals surface area contributed by atoms with Crippen LogP contribution in [0, 0.1) is 31.1 Å². The zero-order valence-electron chi connectivity index (χ0n) is 11.4. The molecule has 0 radical (unpaired) electrons. The maximum Gasteiger partial charge on any atom is 0.308 e. The topological polar surface area (TPSA) is 75.0 Å². The standard InChI is InChI=1S/C14H17N3O2/c1-8-4-13(16-9(2)12(8)7-15)17-11-5-10(6-11)14(18)19-3/h4,10-11H,5-6H2,1-3H3,(H,16,17). The lowest BCUT2D eigenvalue weighted by molar-refractivity contribution is -0.148. The molecule has 0 aliphatic heterocycles. The van der Waals surface area contributed by atoms with E-state index in [0.717, 1.165) is 29.9 Å². The number of hydrogen-bond donors (Lipinski definition) is 1. The number of esters is 1. The van der Waals surface area contributed by atoms with Crippen LogP contribution < -0.4 is 5.32 Å². The molecule has 0 amide bonds. The number of ether oxygens (including phenoxy) is 1. The molecule has 1 N–H and O–H groups in total. The molecule has 0 bridgehead atoms. The van der Waals surface area contributed by atoms with E-state index in [2.05, 4.69) is 16.4 Å². The average Bonchev–Trinajstić information content (AvgIpc) is 2.32. The highest BCUT2D eigenvalue weighted by Crippen LogP contribution is 2.31. The number of nitrogens with zero attached hydrogens (tertiary/aromatic N) is 2. The number of rotatable bonds is 3. The first kappa shape index (κ1) is 13.3. The van der Waals surface area contributed by atoms with Crippen LogP contribution in [0.15, 0.2) is 6.07 Å². The molecule has 0 unspecified atom stereocenters. The van der Waals surface area contributed by atoms with Crippen molar-refractivity contribution in [3.63, 3.8) is 0 Å².